The second kappa shape index (κ2) is 9.76. The molecule has 1 heterocycles. The Morgan fingerprint density at radius 1 is 1.09 bits per heavy atom. The van der Waals surface area contributed by atoms with Gasteiger partial charge in [-0.15, -0.1) is 0 Å². The fourth-order valence-electron chi connectivity index (χ4n) is 4.31. The van der Waals surface area contributed by atoms with E-state index in [4.69, 9.17) is 27.1 Å². The number of aromatic amines is 1. The fraction of sp³-hybridized carbons (Fsp3) is 0.346. The van der Waals surface area contributed by atoms with E-state index in [2.05, 4.69) is 15.8 Å². The molecule has 2 aliphatic rings. The highest BCUT2D eigenvalue weighted by Gasteiger charge is 2.25. The van der Waals surface area contributed by atoms with Crippen molar-refractivity contribution in [3.63, 3.8) is 0 Å². The van der Waals surface area contributed by atoms with Crippen molar-refractivity contribution in [1.29, 1.82) is 0 Å². The van der Waals surface area contributed by atoms with Crippen LogP contribution in [-0.2, 0) is 4.74 Å². The van der Waals surface area contributed by atoms with Gasteiger partial charge in [0.25, 0.3) is 0 Å². The number of aromatic nitrogens is 2. The number of fused-ring (bicyclic) bond motifs is 1. The minimum absolute atomic E-state index is 0.0631. The molecule has 3 N–H and O–H groups in total. The van der Waals surface area contributed by atoms with Crippen LogP contribution in [0.25, 0.3) is 22.2 Å². The number of hydrogen-bond donors (Lipinski definition) is 2. The van der Waals surface area contributed by atoms with Gasteiger partial charge in [0, 0.05) is 24.1 Å². The largest absolute Gasteiger partial charge is 0.498 e. The molecule has 2 aliphatic carbocycles. The van der Waals surface area contributed by atoms with Crippen molar-refractivity contribution in [2.75, 3.05) is 13.2 Å². The number of imidazole rings is 1. The van der Waals surface area contributed by atoms with Crippen LogP contribution in [0.4, 0.5) is 8.78 Å². The normalized spacial score (nSPS) is 17.0. The zero-order chi connectivity index (χ0) is 23.7. The maximum atomic E-state index is 12.9. The first kappa shape index (κ1) is 22.9. The van der Waals surface area contributed by atoms with Gasteiger partial charge in [0.1, 0.15) is 17.1 Å². The van der Waals surface area contributed by atoms with E-state index < -0.39 is 6.61 Å². The Bertz CT molecular complexity index is 1250. The highest BCUT2D eigenvalue weighted by molar-refractivity contribution is 6.37. The lowest BCUT2D eigenvalue weighted by atomic mass is 9.91. The van der Waals surface area contributed by atoms with Gasteiger partial charge in [-0.1, -0.05) is 47.5 Å². The molecule has 0 saturated heterocycles. The van der Waals surface area contributed by atoms with Crippen molar-refractivity contribution >= 4 is 22.6 Å². The predicted octanol–water partition coefficient (Wildman–Crippen LogP) is 6.56. The average molecular weight is 486 g/mol. The first-order chi connectivity index (χ1) is 16.5. The van der Waals surface area contributed by atoms with E-state index >= 15 is 0 Å². The van der Waals surface area contributed by atoms with E-state index in [-0.39, 0.29) is 11.7 Å². The molecule has 1 unspecified atom stereocenters. The van der Waals surface area contributed by atoms with Gasteiger partial charge in [0.05, 0.1) is 28.8 Å². The number of hydrogen-bond acceptors (Lipinski definition) is 4. The number of allylic oxidation sites excluding steroid dienone is 3. The highest BCUT2D eigenvalue weighted by Crippen LogP contribution is 2.40. The number of nitrogens with one attached hydrogen (secondary N) is 1. The Balaban J connectivity index is 1.44. The summed E-state index contributed by atoms with van der Waals surface area (Å²) in [6.45, 7) is -1.72. The quantitative estimate of drug-likeness (QED) is 0.360. The van der Waals surface area contributed by atoms with Gasteiger partial charge >= 0.3 is 6.61 Å². The van der Waals surface area contributed by atoms with Gasteiger partial charge in [-0.3, -0.25) is 0 Å². The number of H-pyrrole nitrogens is 1. The molecule has 5 nitrogen and oxygen atoms in total. The van der Waals surface area contributed by atoms with Crippen LogP contribution in [0.3, 0.4) is 0 Å². The van der Waals surface area contributed by atoms with Gasteiger partial charge in [0.15, 0.2) is 0 Å². The Hall–Kier alpha value is -2.90. The van der Waals surface area contributed by atoms with Crippen LogP contribution in [0.1, 0.15) is 37.4 Å². The van der Waals surface area contributed by atoms with E-state index in [1.54, 1.807) is 24.3 Å². The van der Waals surface area contributed by atoms with Gasteiger partial charge in [-0.25, -0.2) is 4.98 Å². The summed E-state index contributed by atoms with van der Waals surface area (Å²) in [5, 5.41) is 0.370. The van der Waals surface area contributed by atoms with Crippen molar-refractivity contribution in [2.45, 2.75) is 38.2 Å². The Morgan fingerprint density at radius 3 is 2.62 bits per heavy atom. The van der Waals surface area contributed by atoms with Crippen molar-refractivity contribution in [3.05, 3.63) is 70.7 Å². The summed E-state index contributed by atoms with van der Waals surface area (Å²) < 4.78 is 36.4. The minimum atomic E-state index is -2.93. The van der Waals surface area contributed by atoms with Crippen molar-refractivity contribution in [3.8, 4) is 16.9 Å². The molecular formula is C26H26ClF2N3O2. The van der Waals surface area contributed by atoms with Crippen LogP contribution in [-0.4, -0.2) is 29.7 Å². The molecular weight excluding hydrogens is 460 g/mol. The molecule has 1 saturated carbocycles. The molecule has 0 bridgehead atoms. The zero-order valence-corrected chi connectivity index (χ0v) is 19.3. The number of nitrogens with zero attached hydrogens (tertiary/aromatic N) is 1. The number of para-hydroxylation sites is 1. The third kappa shape index (κ3) is 4.81. The second-order valence-corrected chi connectivity index (χ2v) is 9.12. The van der Waals surface area contributed by atoms with Crippen molar-refractivity contribution in [1.82, 2.24) is 9.97 Å². The third-order valence-electron chi connectivity index (χ3n) is 6.36. The maximum Gasteiger partial charge on any atom is 0.387 e. The van der Waals surface area contributed by atoms with Crippen molar-refractivity contribution < 1.29 is 18.3 Å². The molecule has 1 aromatic heterocycles. The molecule has 3 aromatic rings. The van der Waals surface area contributed by atoms with Crippen LogP contribution in [0.15, 0.2) is 59.9 Å². The minimum Gasteiger partial charge on any atom is -0.498 e. The summed E-state index contributed by atoms with van der Waals surface area (Å²) in [4.78, 5) is 8.12. The molecule has 8 heteroatoms. The van der Waals surface area contributed by atoms with Crippen LogP contribution >= 0.6 is 11.6 Å². The molecule has 5 rings (SSSR count). The SMILES string of the molecule is NCC(C1=CC=C(OCC2CC2)CC1)c1nc2c(Cl)c(-c3ccccc3OC(F)F)ccc2[nH]1. The number of benzene rings is 2. The van der Waals surface area contributed by atoms with Crippen LogP contribution in [0.2, 0.25) is 5.02 Å². The molecule has 0 amide bonds. The van der Waals surface area contributed by atoms with E-state index in [0.29, 0.717) is 28.2 Å². The molecule has 1 atom stereocenters. The summed E-state index contributed by atoms with van der Waals surface area (Å²) in [7, 11) is 0. The molecule has 0 aliphatic heterocycles. The van der Waals surface area contributed by atoms with Crippen molar-refractivity contribution in [2.24, 2.45) is 11.7 Å². The molecule has 0 radical (unpaired) electrons. The lowest BCUT2D eigenvalue weighted by Crippen LogP contribution is -2.17. The van der Waals surface area contributed by atoms with Crippen LogP contribution in [0.5, 0.6) is 5.75 Å². The van der Waals surface area contributed by atoms with E-state index in [1.165, 1.54) is 24.5 Å². The first-order valence-corrected chi connectivity index (χ1v) is 11.9. The van der Waals surface area contributed by atoms with Gasteiger partial charge in [-0.2, -0.15) is 8.78 Å². The fourth-order valence-corrected chi connectivity index (χ4v) is 4.62. The summed E-state index contributed by atoms with van der Waals surface area (Å²) in [5.41, 5.74) is 9.72. The number of alkyl halides is 2. The maximum absolute atomic E-state index is 12.9. The third-order valence-corrected chi connectivity index (χ3v) is 6.75. The number of rotatable bonds is 9. The van der Waals surface area contributed by atoms with Gasteiger partial charge in [-0.05, 0) is 43.4 Å². The average Bonchev–Trinajstić information content (AvgIpc) is 3.57. The topological polar surface area (TPSA) is 73.2 Å². The van der Waals surface area contributed by atoms with Gasteiger partial charge in [0.2, 0.25) is 0 Å². The number of ether oxygens (including phenoxy) is 2. The van der Waals surface area contributed by atoms with Crippen LogP contribution < -0.4 is 10.5 Å². The molecule has 1 fully saturated rings. The van der Waals surface area contributed by atoms with Crippen LogP contribution in [0, 0.1) is 5.92 Å². The molecule has 34 heavy (non-hydrogen) atoms. The smallest absolute Gasteiger partial charge is 0.387 e. The molecule has 178 valence electrons. The summed E-state index contributed by atoms with van der Waals surface area (Å²) in [6.07, 6.45) is 8.36. The predicted molar refractivity (Wildman–Crippen MR) is 129 cm³/mol. The van der Waals surface area contributed by atoms with E-state index in [1.807, 2.05) is 12.1 Å². The standard InChI is InChI=1S/C26H26ClF2N3O2/c27-23-19(18-3-1-2-4-22(18)34-26(28)29)11-12-21-24(23)32-25(31-21)20(13-30)16-7-9-17(10-8-16)33-14-15-5-6-15/h1-4,7,9,11-12,15,20,26H,5-6,8,10,13-14,30H2,(H,31,32). The Kier molecular flexibility index (Phi) is 6.57. The molecule has 2 aromatic carbocycles. The zero-order valence-electron chi connectivity index (χ0n) is 18.6. The Labute approximate surface area is 201 Å². The highest BCUT2D eigenvalue weighted by atomic mass is 35.5. The van der Waals surface area contributed by atoms with Gasteiger partial charge < -0.3 is 20.2 Å². The molecule has 0 spiro atoms. The Morgan fingerprint density at radius 2 is 1.91 bits per heavy atom. The number of halogens is 3. The lowest BCUT2D eigenvalue weighted by molar-refractivity contribution is -0.0494. The van der Waals surface area contributed by atoms with E-state index in [0.717, 1.165) is 42.5 Å². The monoisotopic (exact) mass is 485 g/mol. The van der Waals surface area contributed by atoms with E-state index in [9.17, 15) is 8.78 Å². The summed E-state index contributed by atoms with van der Waals surface area (Å²) in [6, 6.07) is 10.2. The number of nitrogens with two attached hydrogens (primary N) is 1. The first-order valence-electron chi connectivity index (χ1n) is 11.5. The lowest BCUT2D eigenvalue weighted by Gasteiger charge is -2.21. The second-order valence-electron chi connectivity index (χ2n) is 8.74. The summed E-state index contributed by atoms with van der Waals surface area (Å²) in [5.74, 6) is 2.46. The summed E-state index contributed by atoms with van der Waals surface area (Å²) >= 11 is 6.72.